The van der Waals surface area contributed by atoms with Gasteiger partial charge in [0.15, 0.2) is 0 Å². The summed E-state index contributed by atoms with van der Waals surface area (Å²) in [6, 6.07) is 8.21. The number of aryl methyl sites for hydroxylation is 2. The molecule has 0 fully saturated rings. The van der Waals surface area contributed by atoms with Gasteiger partial charge in [-0.3, -0.25) is 9.36 Å². The van der Waals surface area contributed by atoms with E-state index in [4.69, 9.17) is 0 Å². The van der Waals surface area contributed by atoms with Crippen LogP contribution in [0.4, 0.5) is 0 Å². The molecule has 0 saturated carbocycles. The lowest BCUT2D eigenvalue weighted by Gasteiger charge is -2.33. The van der Waals surface area contributed by atoms with Gasteiger partial charge in [-0.25, -0.2) is 4.98 Å². The summed E-state index contributed by atoms with van der Waals surface area (Å²) in [6.45, 7) is 6.22. The molecule has 1 aromatic carbocycles. The van der Waals surface area contributed by atoms with Crippen molar-refractivity contribution in [3.8, 4) is 0 Å². The van der Waals surface area contributed by atoms with Gasteiger partial charge in [0.1, 0.15) is 0 Å². The zero-order chi connectivity index (χ0) is 16.2. The number of nitrogens with one attached hydrogen (secondary N) is 1. The van der Waals surface area contributed by atoms with Crippen molar-refractivity contribution in [1.29, 1.82) is 0 Å². The lowest BCUT2D eigenvalue weighted by atomic mass is 9.77. The number of aromatic nitrogens is 3. The van der Waals surface area contributed by atoms with Crippen molar-refractivity contribution in [3.63, 3.8) is 0 Å². The lowest BCUT2D eigenvalue weighted by Crippen LogP contribution is -2.40. The van der Waals surface area contributed by atoms with Gasteiger partial charge in [-0.15, -0.1) is 0 Å². The molecule has 2 aromatic heterocycles. The second-order valence-corrected chi connectivity index (χ2v) is 6.94. The number of carbonyl (C=O) groups is 1. The quantitative estimate of drug-likeness (QED) is 0.782. The second kappa shape index (κ2) is 4.82. The Hall–Kier alpha value is -2.36. The van der Waals surface area contributed by atoms with Crippen LogP contribution in [0.25, 0.3) is 10.9 Å². The Kier molecular flexibility index (Phi) is 2.98. The number of aromatic amines is 1. The summed E-state index contributed by atoms with van der Waals surface area (Å²) in [6.07, 6.45) is 4.20. The lowest BCUT2D eigenvalue weighted by molar-refractivity contribution is 0.0676. The second-order valence-electron chi connectivity index (χ2n) is 6.94. The van der Waals surface area contributed by atoms with Crippen molar-refractivity contribution in [2.45, 2.75) is 40.0 Å². The molecule has 4 heteroatoms. The van der Waals surface area contributed by atoms with E-state index in [0.717, 1.165) is 29.7 Å². The molecule has 0 saturated heterocycles. The van der Waals surface area contributed by atoms with Gasteiger partial charge < -0.3 is 4.98 Å². The summed E-state index contributed by atoms with van der Waals surface area (Å²) in [4.78, 5) is 20.8. The van der Waals surface area contributed by atoms with E-state index < -0.39 is 5.41 Å². The zero-order valence-electron chi connectivity index (χ0n) is 13.8. The highest BCUT2D eigenvalue weighted by molar-refractivity contribution is 5.99. The summed E-state index contributed by atoms with van der Waals surface area (Å²) in [5, 5.41) is 1.19. The number of hydrogen-bond donors (Lipinski definition) is 1. The van der Waals surface area contributed by atoms with Gasteiger partial charge in [-0.1, -0.05) is 25.1 Å². The number of benzene rings is 1. The summed E-state index contributed by atoms with van der Waals surface area (Å²) >= 11 is 0. The number of rotatable bonds is 2. The predicted octanol–water partition coefficient (Wildman–Crippen LogP) is 3.82. The van der Waals surface area contributed by atoms with Crippen LogP contribution < -0.4 is 0 Å². The fraction of sp³-hybridized carbons (Fsp3) is 0.368. The Bertz CT molecular complexity index is 918. The Balaban J connectivity index is 1.83. The molecule has 4 rings (SSSR count). The topological polar surface area (TPSA) is 50.7 Å². The molecule has 0 amide bonds. The highest BCUT2D eigenvalue weighted by Gasteiger charge is 2.41. The van der Waals surface area contributed by atoms with E-state index in [1.54, 1.807) is 6.33 Å². The van der Waals surface area contributed by atoms with Gasteiger partial charge in [0, 0.05) is 23.2 Å². The molecule has 1 unspecified atom stereocenters. The molecule has 118 valence electrons. The summed E-state index contributed by atoms with van der Waals surface area (Å²) < 4.78 is 1.95. The molecule has 0 spiro atoms. The molecular weight excluding hydrogens is 286 g/mol. The summed E-state index contributed by atoms with van der Waals surface area (Å²) in [7, 11) is 0. The number of hydrogen-bond acceptors (Lipinski definition) is 2. The summed E-state index contributed by atoms with van der Waals surface area (Å²) in [5.74, 6) is 0.199. The Morgan fingerprint density at radius 1 is 1.30 bits per heavy atom. The molecule has 0 radical (unpaired) electrons. The minimum absolute atomic E-state index is 0.199. The van der Waals surface area contributed by atoms with E-state index in [0.29, 0.717) is 6.42 Å². The van der Waals surface area contributed by atoms with E-state index in [1.807, 2.05) is 23.6 Å². The molecule has 0 bridgehead atoms. The molecule has 1 N–H and O–H groups in total. The third-order valence-electron chi connectivity index (χ3n) is 5.38. The number of para-hydroxylation sites is 1. The smallest absolute Gasteiger partial charge is 0.237 e. The van der Waals surface area contributed by atoms with Crippen LogP contribution in [-0.2, 0) is 12.8 Å². The van der Waals surface area contributed by atoms with Crippen molar-refractivity contribution >= 4 is 16.8 Å². The van der Waals surface area contributed by atoms with Crippen LogP contribution in [0.5, 0.6) is 0 Å². The van der Waals surface area contributed by atoms with Crippen LogP contribution in [0.3, 0.4) is 0 Å². The van der Waals surface area contributed by atoms with Crippen molar-refractivity contribution in [2.24, 2.45) is 5.41 Å². The van der Waals surface area contributed by atoms with E-state index in [2.05, 4.69) is 35.9 Å². The molecule has 1 atom stereocenters. The van der Waals surface area contributed by atoms with Crippen LogP contribution in [0.15, 0.2) is 30.6 Å². The van der Waals surface area contributed by atoms with E-state index in [1.165, 1.54) is 16.6 Å². The normalized spacial score (nSPS) is 20.9. The van der Waals surface area contributed by atoms with Gasteiger partial charge in [-0.2, -0.15) is 0 Å². The average molecular weight is 307 g/mol. The van der Waals surface area contributed by atoms with E-state index in [-0.39, 0.29) is 5.91 Å². The van der Waals surface area contributed by atoms with Gasteiger partial charge in [0.05, 0.1) is 23.0 Å². The summed E-state index contributed by atoms with van der Waals surface area (Å²) in [5.41, 5.74) is 5.10. The number of carbonyl (C=O) groups excluding carboxylic acids is 1. The van der Waals surface area contributed by atoms with Crippen LogP contribution in [-0.4, -0.2) is 20.4 Å². The van der Waals surface area contributed by atoms with E-state index in [9.17, 15) is 4.79 Å². The Morgan fingerprint density at radius 2 is 2.09 bits per heavy atom. The largest absolute Gasteiger partial charge is 0.348 e. The number of fused-ring (bicyclic) bond motifs is 3. The fourth-order valence-electron chi connectivity index (χ4n) is 3.86. The molecule has 1 aliphatic rings. The third kappa shape index (κ3) is 1.97. The molecular formula is C19H21N3O. The fourth-order valence-corrected chi connectivity index (χ4v) is 3.86. The first-order chi connectivity index (χ1) is 11.0. The molecule has 4 nitrogen and oxygen atoms in total. The Labute approximate surface area is 135 Å². The Morgan fingerprint density at radius 3 is 2.83 bits per heavy atom. The maximum atomic E-state index is 13.3. The maximum Gasteiger partial charge on any atom is 0.237 e. The van der Waals surface area contributed by atoms with Gasteiger partial charge >= 0.3 is 0 Å². The highest BCUT2D eigenvalue weighted by atomic mass is 16.2. The first kappa shape index (κ1) is 14.2. The van der Waals surface area contributed by atoms with Gasteiger partial charge in [0.2, 0.25) is 5.91 Å². The molecule has 0 aliphatic carbocycles. The predicted molar refractivity (Wildman–Crippen MR) is 90.8 cm³/mol. The van der Waals surface area contributed by atoms with Crippen molar-refractivity contribution in [3.05, 3.63) is 53.2 Å². The van der Waals surface area contributed by atoms with Crippen molar-refractivity contribution in [1.82, 2.24) is 14.5 Å². The highest BCUT2D eigenvalue weighted by Crippen LogP contribution is 2.39. The average Bonchev–Trinajstić information content (AvgIpc) is 3.06. The number of nitrogens with zero attached hydrogens (tertiary/aromatic N) is 2. The number of imidazole rings is 1. The van der Waals surface area contributed by atoms with Crippen LogP contribution in [0.2, 0.25) is 0 Å². The molecule has 1 aliphatic heterocycles. The van der Waals surface area contributed by atoms with Crippen LogP contribution >= 0.6 is 0 Å². The van der Waals surface area contributed by atoms with E-state index >= 15 is 0 Å². The first-order valence-electron chi connectivity index (χ1n) is 8.14. The van der Waals surface area contributed by atoms with Crippen LogP contribution in [0.1, 0.15) is 40.8 Å². The maximum absolute atomic E-state index is 13.3. The standard InChI is InChI=1S/C19H21N3O/c1-12-14-6-4-5-7-17(14)22-16(12)8-9-19(3,18(22)23)10-15-13(2)20-11-21-15/h4-7,11H,8-10H2,1-3H3,(H,20,21). The monoisotopic (exact) mass is 307 g/mol. The van der Waals surface area contributed by atoms with Crippen LogP contribution in [0, 0.1) is 19.3 Å². The SMILES string of the molecule is Cc1[nH]cnc1CC1(C)CCc2c(C)c3ccccc3n2C1=O. The first-order valence-corrected chi connectivity index (χ1v) is 8.14. The third-order valence-corrected chi connectivity index (χ3v) is 5.38. The number of H-pyrrole nitrogens is 1. The molecule has 3 heterocycles. The zero-order valence-corrected chi connectivity index (χ0v) is 13.8. The minimum Gasteiger partial charge on any atom is -0.348 e. The minimum atomic E-state index is -0.402. The van der Waals surface area contributed by atoms with Crippen molar-refractivity contribution in [2.75, 3.05) is 0 Å². The van der Waals surface area contributed by atoms with Gasteiger partial charge in [0.25, 0.3) is 0 Å². The van der Waals surface area contributed by atoms with Crippen molar-refractivity contribution < 1.29 is 4.79 Å². The molecule has 23 heavy (non-hydrogen) atoms. The van der Waals surface area contributed by atoms with Gasteiger partial charge in [-0.05, 0) is 38.3 Å². The molecule has 3 aromatic rings.